The normalized spacial score (nSPS) is 12.4. The van der Waals surface area contributed by atoms with E-state index < -0.39 is 11.8 Å². The van der Waals surface area contributed by atoms with E-state index in [-0.39, 0.29) is 24.0 Å². The number of ether oxygens (including phenoxy) is 2. The first-order valence-electron chi connectivity index (χ1n) is 7.95. The second kappa shape index (κ2) is 8.41. The van der Waals surface area contributed by atoms with E-state index in [1.807, 2.05) is 0 Å². The molecule has 0 atom stereocenters. The number of hydrogen-bond donors (Lipinski definition) is 2. The highest BCUT2D eigenvalue weighted by Crippen LogP contribution is 2.32. The number of hydrogen-bond acceptors (Lipinski definition) is 6. The lowest BCUT2D eigenvalue weighted by atomic mass is 10.1. The van der Waals surface area contributed by atoms with Crippen LogP contribution in [0.2, 0.25) is 5.02 Å². The van der Waals surface area contributed by atoms with Crippen molar-refractivity contribution in [3.05, 3.63) is 58.6 Å². The van der Waals surface area contributed by atoms with E-state index in [2.05, 4.69) is 16.0 Å². The fourth-order valence-electron chi connectivity index (χ4n) is 2.24. The molecule has 0 unspecified atom stereocenters. The van der Waals surface area contributed by atoms with Crippen molar-refractivity contribution in [2.75, 3.05) is 13.4 Å². The van der Waals surface area contributed by atoms with Crippen molar-refractivity contribution < 1.29 is 23.9 Å². The van der Waals surface area contributed by atoms with E-state index in [0.717, 1.165) is 5.56 Å². The van der Waals surface area contributed by atoms with Crippen LogP contribution < -0.4 is 20.3 Å². The summed E-state index contributed by atoms with van der Waals surface area (Å²) < 4.78 is 10.5. The van der Waals surface area contributed by atoms with Crippen molar-refractivity contribution >= 4 is 29.1 Å². The molecule has 0 saturated heterocycles. The van der Waals surface area contributed by atoms with E-state index in [4.69, 9.17) is 25.9 Å². The number of fused-ring (bicyclic) bond motifs is 1. The summed E-state index contributed by atoms with van der Waals surface area (Å²) >= 11 is 5.91. The van der Waals surface area contributed by atoms with Crippen LogP contribution in [0.5, 0.6) is 11.5 Å². The summed E-state index contributed by atoms with van der Waals surface area (Å²) in [5, 5.41) is 4.17. The standard InChI is InChI=1S/C18H16ClN3O5/c1-11(12-6-7-15-16(8-12)26-10-25-15)22-27-9-17(23)20-21-18(24)13-4-2-3-5-14(13)19/h2-8H,9-10H2,1H3,(H,20,23)(H,21,24)/b22-11-. The molecule has 9 heteroatoms. The number of hydrazine groups is 1. The second-order valence-electron chi connectivity index (χ2n) is 5.50. The van der Waals surface area contributed by atoms with Gasteiger partial charge in [0.25, 0.3) is 11.8 Å². The Morgan fingerprint density at radius 3 is 2.74 bits per heavy atom. The highest BCUT2D eigenvalue weighted by atomic mass is 35.5. The molecule has 1 aliphatic heterocycles. The molecular weight excluding hydrogens is 374 g/mol. The Hall–Kier alpha value is -3.26. The molecule has 140 valence electrons. The molecular formula is C18H16ClN3O5. The van der Waals surface area contributed by atoms with Gasteiger partial charge in [0.2, 0.25) is 6.79 Å². The van der Waals surface area contributed by atoms with Crippen LogP contribution in [-0.4, -0.2) is 30.9 Å². The smallest absolute Gasteiger partial charge is 0.279 e. The van der Waals surface area contributed by atoms with E-state index in [0.29, 0.717) is 17.2 Å². The monoisotopic (exact) mass is 389 g/mol. The third kappa shape index (κ3) is 4.68. The first-order chi connectivity index (χ1) is 13.0. The molecule has 0 radical (unpaired) electrons. The van der Waals surface area contributed by atoms with E-state index in [1.165, 1.54) is 0 Å². The first-order valence-corrected chi connectivity index (χ1v) is 8.32. The fourth-order valence-corrected chi connectivity index (χ4v) is 2.46. The zero-order chi connectivity index (χ0) is 19.2. The number of benzene rings is 2. The summed E-state index contributed by atoms with van der Waals surface area (Å²) in [5.41, 5.74) is 6.06. The second-order valence-corrected chi connectivity index (χ2v) is 5.91. The number of rotatable bonds is 5. The number of amides is 2. The van der Waals surface area contributed by atoms with Crippen LogP contribution in [0.25, 0.3) is 0 Å². The Morgan fingerprint density at radius 1 is 1.15 bits per heavy atom. The molecule has 2 amide bonds. The van der Waals surface area contributed by atoms with Crippen molar-refractivity contribution in [1.29, 1.82) is 0 Å². The van der Waals surface area contributed by atoms with Gasteiger partial charge in [0.15, 0.2) is 18.1 Å². The van der Waals surface area contributed by atoms with Crippen molar-refractivity contribution in [3.63, 3.8) is 0 Å². The van der Waals surface area contributed by atoms with E-state index in [1.54, 1.807) is 49.4 Å². The van der Waals surface area contributed by atoms with E-state index >= 15 is 0 Å². The van der Waals surface area contributed by atoms with Crippen molar-refractivity contribution in [2.24, 2.45) is 5.16 Å². The van der Waals surface area contributed by atoms with Gasteiger partial charge < -0.3 is 14.3 Å². The lowest BCUT2D eigenvalue weighted by molar-refractivity contribution is -0.126. The van der Waals surface area contributed by atoms with Gasteiger partial charge in [-0.2, -0.15) is 0 Å². The van der Waals surface area contributed by atoms with Gasteiger partial charge in [-0.15, -0.1) is 0 Å². The number of carbonyl (C=O) groups is 2. The molecule has 2 aromatic carbocycles. The van der Waals surface area contributed by atoms with Crippen LogP contribution >= 0.6 is 11.6 Å². The molecule has 0 bridgehead atoms. The Labute approximate surface area is 160 Å². The fraction of sp³-hybridized carbons (Fsp3) is 0.167. The summed E-state index contributed by atoms with van der Waals surface area (Å²) in [6.45, 7) is 1.55. The third-order valence-electron chi connectivity index (χ3n) is 3.62. The Morgan fingerprint density at radius 2 is 1.93 bits per heavy atom. The lowest BCUT2D eigenvalue weighted by Gasteiger charge is -2.08. The SMILES string of the molecule is C/C(=N/OCC(=O)NNC(=O)c1ccccc1Cl)c1ccc2c(c1)OCO2. The summed E-state index contributed by atoms with van der Waals surface area (Å²) in [6, 6.07) is 11.8. The molecule has 27 heavy (non-hydrogen) atoms. The Bertz CT molecular complexity index is 900. The van der Waals surface area contributed by atoms with Gasteiger partial charge in [-0.05, 0) is 37.3 Å². The quantitative estimate of drug-likeness (QED) is 0.603. The zero-order valence-electron chi connectivity index (χ0n) is 14.3. The third-order valence-corrected chi connectivity index (χ3v) is 3.95. The molecule has 0 aromatic heterocycles. The molecule has 8 nitrogen and oxygen atoms in total. The van der Waals surface area contributed by atoms with Crippen LogP contribution in [0.15, 0.2) is 47.6 Å². The van der Waals surface area contributed by atoms with Gasteiger partial charge in [0, 0.05) is 5.56 Å². The summed E-state index contributed by atoms with van der Waals surface area (Å²) in [5.74, 6) is 0.190. The molecule has 2 aromatic rings. The lowest BCUT2D eigenvalue weighted by Crippen LogP contribution is -2.43. The number of carbonyl (C=O) groups excluding carboxylic acids is 2. The first kappa shape index (κ1) is 18.5. The van der Waals surface area contributed by atoms with Crippen LogP contribution in [0.1, 0.15) is 22.8 Å². The van der Waals surface area contributed by atoms with Gasteiger partial charge in [0.1, 0.15) is 0 Å². The maximum absolute atomic E-state index is 11.9. The predicted molar refractivity (Wildman–Crippen MR) is 97.8 cm³/mol. The van der Waals surface area contributed by atoms with Gasteiger partial charge in [-0.25, -0.2) is 0 Å². The molecule has 0 aliphatic carbocycles. The number of halogens is 1. The van der Waals surface area contributed by atoms with Gasteiger partial charge in [-0.3, -0.25) is 20.4 Å². The van der Waals surface area contributed by atoms with Gasteiger partial charge in [-0.1, -0.05) is 28.9 Å². The minimum atomic E-state index is -0.572. The zero-order valence-corrected chi connectivity index (χ0v) is 15.1. The Balaban J connectivity index is 1.47. The Kier molecular flexibility index (Phi) is 5.77. The van der Waals surface area contributed by atoms with Gasteiger partial charge >= 0.3 is 0 Å². The highest BCUT2D eigenvalue weighted by Gasteiger charge is 2.14. The van der Waals surface area contributed by atoms with Crippen LogP contribution in [0, 0.1) is 0 Å². The maximum atomic E-state index is 11.9. The number of oxime groups is 1. The van der Waals surface area contributed by atoms with Gasteiger partial charge in [0.05, 0.1) is 16.3 Å². The predicted octanol–water partition coefficient (Wildman–Crippen LogP) is 2.27. The summed E-state index contributed by atoms with van der Waals surface area (Å²) in [7, 11) is 0. The minimum absolute atomic E-state index is 0.186. The van der Waals surface area contributed by atoms with Crippen LogP contribution in [0.3, 0.4) is 0 Å². The highest BCUT2D eigenvalue weighted by molar-refractivity contribution is 6.33. The minimum Gasteiger partial charge on any atom is -0.454 e. The molecule has 1 heterocycles. The van der Waals surface area contributed by atoms with Crippen molar-refractivity contribution in [1.82, 2.24) is 10.9 Å². The van der Waals surface area contributed by atoms with E-state index in [9.17, 15) is 9.59 Å². The molecule has 3 rings (SSSR count). The van der Waals surface area contributed by atoms with Crippen LogP contribution in [-0.2, 0) is 9.63 Å². The topological polar surface area (TPSA) is 98.2 Å². The van der Waals surface area contributed by atoms with Crippen molar-refractivity contribution in [3.8, 4) is 11.5 Å². The number of nitrogens with one attached hydrogen (secondary N) is 2. The maximum Gasteiger partial charge on any atom is 0.279 e. The molecule has 0 saturated carbocycles. The molecule has 0 spiro atoms. The number of nitrogens with zero attached hydrogens (tertiary/aromatic N) is 1. The summed E-state index contributed by atoms with van der Waals surface area (Å²) in [6.07, 6.45) is 0. The van der Waals surface area contributed by atoms with Crippen LogP contribution in [0.4, 0.5) is 0 Å². The summed E-state index contributed by atoms with van der Waals surface area (Å²) in [4.78, 5) is 28.7. The molecule has 2 N–H and O–H groups in total. The average molecular weight is 390 g/mol. The molecule has 1 aliphatic rings. The molecule has 0 fully saturated rings. The van der Waals surface area contributed by atoms with Crippen molar-refractivity contribution in [2.45, 2.75) is 6.92 Å². The largest absolute Gasteiger partial charge is 0.454 e. The average Bonchev–Trinajstić information content (AvgIpc) is 3.14.